The van der Waals surface area contributed by atoms with Crippen LogP contribution in [0.2, 0.25) is 0 Å². The normalized spacial score (nSPS) is 16.8. The van der Waals surface area contributed by atoms with Gasteiger partial charge in [-0.05, 0) is 24.0 Å². The minimum Gasteiger partial charge on any atom is -0.391 e. The van der Waals surface area contributed by atoms with Gasteiger partial charge in [0.05, 0.1) is 11.5 Å². The highest BCUT2D eigenvalue weighted by Gasteiger charge is 2.50. The second-order valence-corrected chi connectivity index (χ2v) is 6.00. The van der Waals surface area contributed by atoms with Gasteiger partial charge in [-0.2, -0.15) is 0 Å². The zero-order valence-corrected chi connectivity index (χ0v) is 12.5. The molecule has 22 heavy (non-hydrogen) atoms. The van der Waals surface area contributed by atoms with Gasteiger partial charge in [0.1, 0.15) is 0 Å². The van der Waals surface area contributed by atoms with Gasteiger partial charge in [-0.25, -0.2) is 0 Å². The fourth-order valence-corrected chi connectivity index (χ4v) is 2.87. The van der Waals surface area contributed by atoms with Gasteiger partial charge in [-0.3, -0.25) is 4.79 Å². The van der Waals surface area contributed by atoms with E-state index in [1.165, 1.54) is 0 Å². The van der Waals surface area contributed by atoms with Crippen LogP contribution in [0.5, 0.6) is 0 Å². The molecular weight excluding hydrogens is 274 g/mol. The fraction of sp³-hybridized carbons (Fsp3) is 0.316. The van der Waals surface area contributed by atoms with E-state index in [-0.39, 0.29) is 11.3 Å². The lowest BCUT2D eigenvalue weighted by molar-refractivity contribution is -0.124. The van der Waals surface area contributed by atoms with Gasteiger partial charge in [0.25, 0.3) is 0 Å². The Balaban J connectivity index is 1.54. The Morgan fingerprint density at radius 2 is 1.64 bits per heavy atom. The summed E-state index contributed by atoms with van der Waals surface area (Å²) in [6, 6.07) is 19.7. The molecule has 2 N–H and O–H groups in total. The monoisotopic (exact) mass is 295 g/mol. The van der Waals surface area contributed by atoms with Crippen LogP contribution in [-0.2, 0) is 16.6 Å². The quantitative estimate of drug-likeness (QED) is 0.860. The number of aliphatic hydroxyl groups excluding tert-OH is 1. The third kappa shape index (κ3) is 3.20. The third-order valence-corrected chi connectivity index (χ3v) is 4.32. The molecule has 2 aromatic rings. The zero-order chi connectivity index (χ0) is 15.4. The second-order valence-electron chi connectivity index (χ2n) is 6.00. The van der Waals surface area contributed by atoms with Crippen LogP contribution in [0.3, 0.4) is 0 Å². The van der Waals surface area contributed by atoms with Gasteiger partial charge in [0, 0.05) is 13.0 Å². The molecule has 0 heterocycles. The number of benzene rings is 2. The maximum absolute atomic E-state index is 12.5. The number of carbonyl (C=O) groups is 1. The van der Waals surface area contributed by atoms with Gasteiger partial charge in [-0.15, -0.1) is 0 Å². The number of carbonyl (C=O) groups excluding carboxylic acids is 1. The van der Waals surface area contributed by atoms with E-state index in [1.807, 2.05) is 60.7 Å². The van der Waals surface area contributed by atoms with E-state index < -0.39 is 6.10 Å². The lowest BCUT2D eigenvalue weighted by Crippen LogP contribution is -2.39. The smallest absolute Gasteiger partial charge is 0.230 e. The predicted molar refractivity (Wildman–Crippen MR) is 86.5 cm³/mol. The van der Waals surface area contributed by atoms with Crippen LogP contribution in [0, 0.1) is 0 Å². The average molecular weight is 295 g/mol. The summed E-state index contributed by atoms with van der Waals surface area (Å²) in [6.45, 7) is 0.294. The largest absolute Gasteiger partial charge is 0.391 e. The molecule has 1 atom stereocenters. The Morgan fingerprint density at radius 1 is 1.05 bits per heavy atom. The molecule has 114 valence electrons. The third-order valence-electron chi connectivity index (χ3n) is 4.32. The number of nitrogens with one attached hydrogen (secondary N) is 1. The standard InChI is InChI=1S/C19H21NO2/c21-17(13-15-7-3-1-4-8-15)14-20-18(22)19(11-12-19)16-9-5-2-6-10-16/h1-10,17,21H,11-14H2,(H,20,22). The topological polar surface area (TPSA) is 49.3 Å². The van der Waals surface area contributed by atoms with E-state index >= 15 is 0 Å². The number of hydrogen-bond acceptors (Lipinski definition) is 2. The van der Waals surface area contributed by atoms with Gasteiger partial charge in [0.15, 0.2) is 0 Å². The Bertz CT molecular complexity index is 620. The molecule has 1 aliphatic carbocycles. The van der Waals surface area contributed by atoms with Crippen LogP contribution in [0.4, 0.5) is 0 Å². The maximum Gasteiger partial charge on any atom is 0.230 e. The molecule has 1 saturated carbocycles. The molecule has 0 saturated heterocycles. The Hall–Kier alpha value is -2.13. The van der Waals surface area contributed by atoms with E-state index in [0.29, 0.717) is 13.0 Å². The molecule has 0 aliphatic heterocycles. The van der Waals surface area contributed by atoms with Crippen molar-refractivity contribution in [2.75, 3.05) is 6.54 Å². The molecule has 0 radical (unpaired) electrons. The summed E-state index contributed by atoms with van der Waals surface area (Å²) in [6.07, 6.45) is 1.77. The van der Waals surface area contributed by atoms with Crippen molar-refractivity contribution < 1.29 is 9.90 Å². The number of rotatable bonds is 6. The average Bonchev–Trinajstić information content (AvgIpc) is 3.36. The summed E-state index contributed by atoms with van der Waals surface area (Å²) >= 11 is 0. The van der Waals surface area contributed by atoms with Crippen LogP contribution >= 0.6 is 0 Å². The van der Waals surface area contributed by atoms with Crippen LogP contribution in [0.1, 0.15) is 24.0 Å². The summed E-state index contributed by atoms with van der Waals surface area (Å²) in [5.41, 5.74) is 1.78. The van der Waals surface area contributed by atoms with Gasteiger partial charge in [0.2, 0.25) is 5.91 Å². The van der Waals surface area contributed by atoms with E-state index in [4.69, 9.17) is 0 Å². The van der Waals surface area contributed by atoms with Crippen molar-refractivity contribution in [2.24, 2.45) is 0 Å². The first-order valence-corrected chi connectivity index (χ1v) is 7.76. The number of amides is 1. The van der Waals surface area contributed by atoms with Crippen LogP contribution in [-0.4, -0.2) is 23.7 Å². The molecule has 0 spiro atoms. The zero-order valence-electron chi connectivity index (χ0n) is 12.5. The maximum atomic E-state index is 12.5. The van der Waals surface area contributed by atoms with E-state index in [0.717, 1.165) is 24.0 Å². The van der Waals surface area contributed by atoms with Crippen LogP contribution in [0.15, 0.2) is 60.7 Å². The Kier molecular flexibility index (Phi) is 4.25. The summed E-state index contributed by atoms with van der Waals surface area (Å²) in [4.78, 5) is 12.5. The highest BCUT2D eigenvalue weighted by Crippen LogP contribution is 2.48. The van der Waals surface area contributed by atoms with Crippen molar-refractivity contribution in [1.82, 2.24) is 5.32 Å². The molecule has 2 aromatic carbocycles. The molecule has 3 nitrogen and oxygen atoms in total. The molecule has 0 bridgehead atoms. The minimum atomic E-state index is -0.557. The molecule has 1 unspecified atom stereocenters. The highest BCUT2D eigenvalue weighted by molar-refractivity contribution is 5.91. The lowest BCUT2D eigenvalue weighted by Gasteiger charge is -2.18. The van der Waals surface area contributed by atoms with Gasteiger partial charge >= 0.3 is 0 Å². The first kappa shape index (κ1) is 14.8. The van der Waals surface area contributed by atoms with Crippen molar-refractivity contribution in [3.05, 3.63) is 71.8 Å². The summed E-state index contributed by atoms with van der Waals surface area (Å²) < 4.78 is 0. The highest BCUT2D eigenvalue weighted by atomic mass is 16.3. The molecule has 0 aromatic heterocycles. The predicted octanol–water partition coefficient (Wildman–Crippen LogP) is 2.44. The van der Waals surface area contributed by atoms with Gasteiger partial charge in [-0.1, -0.05) is 60.7 Å². The Morgan fingerprint density at radius 3 is 2.23 bits per heavy atom. The van der Waals surface area contributed by atoms with E-state index in [2.05, 4.69) is 5.32 Å². The van der Waals surface area contributed by atoms with Crippen molar-refractivity contribution in [1.29, 1.82) is 0 Å². The summed E-state index contributed by atoms with van der Waals surface area (Å²) in [5.74, 6) is 0.0332. The first-order valence-electron chi connectivity index (χ1n) is 7.76. The number of hydrogen-bond donors (Lipinski definition) is 2. The molecule has 1 amide bonds. The molecule has 3 heteroatoms. The molecule has 1 aliphatic rings. The summed E-state index contributed by atoms with van der Waals surface area (Å²) in [5, 5.41) is 13.0. The second kappa shape index (κ2) is 6.32. The summed E-state index contributed by atoms with van der Waals surface area (Å²) in [7, 11) is 0. The molecular formula is C19H21NO2. The van der Waals surface area contributed by atoms with E-state index in [9.17, 15) is 9.90 Å². The Labute approximate surface area is 131 Å². The van der Waals surface area contributed by atoms with Crippen molar-refractivity contribution in [3.8, 4) is 0 Å². The van der Waals surface area contributed by atoms with Crippen molar-refractivity contribution >= 4 is 5.91 Å². The van der Waals surface area contributed by atoms with E-state index in [1.54, 1.807) is 0 Å². The van der Waals surface area contributed by atoms with Crippen molar-refractivity contribution in [2.45, 2.75) is 30.8 Å². The van der Waals surface area contributed by atoms with Gasteiger partial charge < -0.3 is 10.4 Å². The fourth-order valence-electron chi connectivity index (χ4n) is 2.87. The lowest BCUT2D eigenvalue weighted by atomic mass is 9.95. The van der Waals surface area contributed by atoms with Crippen LogP contribution < -0.4 is 5.32 Å². The molecule has 1 fully saturated rings. The molecule has 3 rings (SSSR count). The van der Waals surface area contributed by atoms with Crippen LogP contribution in [0.25, 0.3) is 0 Å². The minimum absolute atomic E-state index is 0.0332. The SMILES string of the molecule is O=C(NCC(O)Cc1ccccc1)C1(c2ccccc2)CC1. The number of aliphatic hydroxyl groups is 1. The van der Waals surface area contributed by atoms with Crippen molar-refractivity contribution in [3.63, 3.8) is 0 Å². The first-order chi connectivity index (χ1) is 10.7.